The maximum Gasteiger partial charge on any atom is 0.123 e. The molecule has 0 amide bonds. The first-order valence-electron chi connectivity index (χ1n) is 10.7. The van der Waals surface area contributed by atoms with Crippen LogP contribution in [0.3, 0.4) is 0 Å². The van der Waals surface area contributed by atoms with Crippen LogP contribution in [0.25, 0.3) is 0 Å². The number of aliphatic hydroxyl groups excluding tert-OH is 1. The van der Waals surface area contributed by atoms with Crippen molar-refractivity contribution in [2.24, 2.45) is 0 Å². The van der Waals surface area contributed by atoms with Crippen LogP contribution in [-0.4, -0.2) is 52.3 Å². The summed E-state index contributed by atoms with van der Waals surface area (Å²) in [7, 11) is 2.12. The lowest BCUT2D eigenvalue weighted by Gasteiger charge is -2.32. The minimum atomic E-state index is -0.495. The molecule has 1 aliphatic carbocycles. The number of likely N-dealkylation sites (N-methyl/N-ethyl adjacent to an activating group) is 1. The molecule has 1 saturated carbocycles. The lowest BCUT2D eigenvalue weighted by atomic mass is 9.94. The second kappa shape index (κ2) is 11.2. The summed E-state index contributed by atoms with van der Waals surface area (Å²) < 4.78 is 5.96. The smallest absolute Gasteiger partial charge is 0.123 e. The van der Waals surface area contributed by atoms with Crippen LogP contribution in [0.4, 0.5) is 0 Å². The van der Waals surface area contributed by atoms with Crippen molar-refractivity contribution in [1.29, 1.82) is 0 Å². The van der Waals surface area contributed by atoms with Crippen molar-refractivity contribution in [1.82, 2.24) is 20.2 Å². The maximum atomic E-state index is 10.5. The summed E-state index contributed by atoms with van der Waals surface area (Å²) in [4.78, 5) is 10.9. The van der Waals surface area contributed by atoms with Crippen LogP contribution in [0.2, 0.25) is 0 Å². The molecule has 158 valence electrons. The van der Waals surface area contributed by atoms with Gasteiger partial charge in [0.15, 0.2) is 0 Å². The van der Waals surface area contributed by atoms with E-state index in [9.17, 15) is 5.11 Å². The molecule has 1 aliphatic rings. The Labute approximate surface area is 174 Å². The minimum absolute atomic E-state index is 0.303. The first kappa shape index (κ1) is 21.7. The third-order valence-electron chi connectivity index (χ3n) is 5.56. The van der Waals surface area contributed by atoms with Crippen molar-refractivity contribution >= 4 is 0 Å². The highest BCUT2D eigenvalue weighted by Gasteiger charge is 2.20. The average Bonchev–Trinajstić information content (AvgIpc) is 2.75. The highest BCUT2D eigenvalue weighted by molar-refractivity contribution is 5.33. The van der Waals surface area contributed by atoms with Gasteiger partial charge in [0.1, 0.15) is 18.5 Å². The SMILES string of the molecule is Cc1cnc(CNCc2ccccc2OC[C@H](O)CN(C)C2CCCCC2)cn1. The zero-order valence-electron chi connectivity index (χ0n) is 17.7. The summed E-state index contributed by atoms with van der Waals surface area (Å²) in [5.41, 5.74) is 2.90. The van der Waals surface area contributed by atoms with Crippen LogP contribution in [-0.2, 0) is 13.1 Å². The van der Waals surface area contributed by atoms with Gasteiger partial charge in [-0.3, -0.25) is 9.97 Å². The molecule has 1 fully saturated rings. The molecule has 6 nitrogen and oxygen atoms in total. The Balaban J connectivity index is 1.45. The molecule has 0 spiro atoms. The van der Waals surface area contributed by atoms with E-state index in [0.717, 1.165) is 22.7 Å². The van der Waals surface area contributed by atoms with E-state index in [4.69, 9.17) is 4.74 Å². The van der Waals surface area contributed by atoms with Gasteiger partial charge in [-0.2, -0.15) is 0 Å². The van der Waals surface area contributed by atoms with Crippen LogP contribution < -0.4 is 10.1 Å². The van der Waals surface area contributed by atoms with Crippen molar-refractivity contribution < 1.29 is 9.84 Å². The topological polar surface area (TPSA) is 70.5 Å². The zero-order chi connectivity index (χ0) is 20.5. The van der Waals surface area contributed by atoms with Crippen molar-refractivity contribution in [3.8, 4) is 5.75 Å². The molecule has 1 aromatic heterocycles. The number of hydrogen-bond donors (Lipinski definition) is 2. The van der Waals surface area contributed by atoms with E-state index in [1.807, 2.05) is 31.2 Å². The number of hydrogen-bond acceptors (Lipinski definition) is 6. The number of aliphatic hydroxyl groups is 1. The summed E-state index contributed by atoms with van der Waals surface area (Å²) in [5.74, 6) is 0.814. The van der Waals surface area contributed by atoms with E-state index in [-0.39, 0.29) is 0 Å². The third kappa shape index (κ3) is 7.07. The Kier molecular flexibility index (Phi) is 8.40. The Morgan fingerprint density at radius 1 is 1.14 bits per heavy atom. The standard InChI is InChI=1S/C23H34N4O2/c1-18-12-26-20(15-25-18)14-24-13-19-8-6-7-11-23(19)29-17-22(28)16-27(2)21-9-4-3-5-10-21/h6-8,11-12,15,21-22,24,28H,3-5,9-10,13-14,16-17H2,1-2H3/t22-/m1/s1. The Bertz CT molecular complexity index is 732. The number of para-hydroxylation sites is 1. The zero-order valence-corrected chi connectivity index (χ0v) is 17.7. The number of nitrogens with zero attached hydrogens (tertiary/aromatic N) is 3. The largest absolute Gasteiger partial charge is 0.491 e. The second-order valence-corrected chi connectivity index (χ2v) is 8.06. The highest BCUT2D eigenvalue weighted by Crippen LogP contribution is 2.22. The number of ether oxygens (including phenoxy) is 1. The summed E-state index contributed by atoms with van der Waals surface area (Å²) >= 11 is 0. The van der Waals surface area contributed by atoms with Gasteiger partial charge in [0.05, 0.1) is 11.4 Å². The van der Waals surface area contributed by atoms with E-state index in [0.29, 0.717) is 32.3 Å². The fourth-order valence-electron chi connectivity index (χ4n) is 3.87. The van der Waals surface area contributed by atoms with Gasteiger partial charge >= 0.3 is 0 Å². The van der Waals surface area contributed by atoms with E-state index < -0.39 is 6.10 Å². The number of rotatable bonds is 10. The van der Waals surface area contributed by atoms with Crippen molar-refractivity contribution in [2.45, 2.75) is 64.3 Å². The molecule has 29 heavy (non-hydrogen) atoms. The molecule has 2 N–H and O–H groups in total. The molecular formula is C23H34N4O2. The predicted octanol–water partition coefficient (Wildman–Crippen LogP) is 3.08. The van der Waals surface area contributed by atoms with Crippen LogP contribution >= 0.6 is 0 Å². The summed E-state index contributed by atoms with van der Waals surface area (Å²) in [6.45, 7) is 4.20. The van der Waals surface area contributed by atoms with Gasteiger partial charge in [-0.25, -0.2) is 0 Å². The number of aryl methyl sites for hydroxylation is 1. The Morgan fingerprint density at radius 3 is 2.69 bits per heavy atom. The second-order valence-electron chi connectivity index (χ2n) is 8.06. The van der Waals surface area contributed by atoms with E-state index >= 15 is 0 Å². The van der Waals surface area contributed by atoms with Crippen LogP contribution in [0.15, 0.2) is 36.7 Å². The molecule has 0 radical (unpaired) electrons. The molecule has 0 unspecified atom stereocenters. The molecule has 0 saturated heterocycles. The lowest BCUT2D eigenvalue weighted by molar-refractivity contribution is 0.0558. The Hall–Kier alpha value is -2.02. The van der Waals surface area contributed by atoms with Gasteiger partial charge in [-0.05, 0) is 32.9 Å². The van der Waals surface area contributed by atoms with Gasteiger partial charge < -0.3 is 20.1 Å². The van der Waals surface area contributed by atoms with Gasteiger partial charge in [-0.1, -0.05) is 37.5 Å². The van der Waals surface area contributed by atoms with Crippen LogP contribution in [0.5, 0.6) is 5.75 Å². The lowest BCUT2D eigenvalue weighted by Crippen LogP contribution is -2.40. The summed E-state index contributed by atoms with van der Waals surface area (Å²) in [5, 5.41) is 13.8. The normalized spacial score (nSPS) is 16.1. The van der Waals surface area contributed by atoms with Gasteiger partial charge in [0, 0.05) is 43.6 Å². The minimum Gasteiger partial charge on any atom is -0.491 e. The van der Waals surface area contributed by atoms with Crippen LogP contribution in [0.1, 0.15) is 49.1 Å². The average molecular weight is 399 g/mol. The summed E-state index contributed by atoms with van der Waals surface area (Å²) in [6, 6.07) is 8.57. The molecule has 1 aromatic carbocycles. The fraction of sp³-hybridized carbons (Fsp3) is 0.565. The molecule has 1 atom stereocenters. The molecule has 0 aliphatic heterocycles. The maximum absolute atomic E-state index is 10.5. The van der Waals surface area contributed by atoms with Gasteiger partial charge in [0.25, 0.3) is 0 Å². The predicted molar refractivity (Wildman–Crippen MR) is 115 cm³/mol. The van der Waals surface area contributed by atoms with Gasteiger partial charge in [-0.15, -0.1) is 0 Å². The number of benzene rings is 1. The van der Waals surface area contributed by atoms with Crippen molar-refractivity contribution in [3.63, 3.8) is 0 Å². The fourth-order valence-corrected chi connectivity index (χ4v) is 3.87. The molecule has 3 rings (SSSR count). The van der Waals surface area contributed by atoms with Crippen LogP contribution in [0, 0.1) is 6.92 Å². The van der Waals surface area contributed by atoms with Crippen molar-refractivity contribution in [3.05, 3.63) is 53.6 Å². The molecule has 0 bridgehead atoms. The highest BCUT2D eigenvalue weighted by atomic mass is 16.5. The first-order chi connectivity index (χ1) is 14.1. The quantitative estimate of drug-likeness (QED) is 0.641. The molecule has 1 heterocycles. The monoisotopic (exact) mass is 398 g/mol. The first-order valence-corrected chi connectivity index (χ1v) is 10.7. The molecule has 6 heteroatoms. The summed E-state index contributed by atoms with van der Waals surface area (Å²) in [6.07, 6.45) is 9.51. The van der Waals surface area contributed by atoms with E-state index in [1.165, 1.54) is 32.1 Å². The molecule has 2 aromatic rings. The van der Waals surface area contributed by atoms with E-state index in [2.05, 4.69) is 27.2 Å². The van der Waals surface area contributed by atoms with Crippen molar-refractivity contribution in [2.75, 3.05) is 20.2 Å². The van der Waals surface area contributed by atoms with E-state index in [1.54, 1.807) is 12.4 Å². The number of nitrogens with one attached hydrogen (secondary N) is 1. The third-order valence-corrected chi connectivity index (χ3v) is 5.56. The Morgan fingerprint density at radius 2 is 1.93 bits per heavy atom. The molecular weight excluding hydrogens is 364 g/mol. The number of aromatic nitrogens is 2. The van der Waals surface area contributed by atoms with Gasteiger partial charge in [0.2, 0.25) is 0 Å².